The van der Waals surface area contributed by atoms with E-state index in [-0.39, 0.29) is 0 Å². The fourth-order valence-corrected chi connectivity index (χ4v) is 1.87. The Morgan fingerprint density at radius 2 is 2.27 bits per heavy atom. The molecule has 1 aromatic carbocycles. The summed E-state index contributed by atoms with van der Waals surface area (Å²) in [7, 11) is 0. The molecule has 0 atom stereocenters. The van der Waals surface area contributed by atoms with Crippen LogP contribution in [0.4, 0.5) is 5.69 Å². The van der Waals surface area contributed by atoms with Crippen LogP contribution in [0.1, 0.15) is 18.9 Å². The minimum Gasteiger partial charge on any atom is -0.485 e. The molecule has 0 unspecified atom stereocenters. The van der Waals surface area contributed by atoms with Crippen molar-refractivity contribution in [2.24, 2.45) is 0 Å². The Labute approximate surface area is 91.2 Å². The molecular formula is C13H17NO. The molecule has 2 rings (SSSR count). The summed E-state index contributed by atoms with van der Waals surface area (Å²) in [6.45, 7) is 9.94. The molecule has 80 valence electrons. The average molecular weight is 203 g/mol. The Morgan fingerprint density at radius 1 is 1.47 bits per heavy atom. The summed E-state index contributed by atoms with van der Waals surface area (Å²) in [5.41, 5.74) is 3.47. The van der Waals surface area contributed by atoms with Crippen molar-refractivity contribution in [3.8, 4) is 5.75 Å². The first-order valence-corrected chi connectivity index (χ1v) is 5.41. The van der Waals surface area contributed by atoms with Gasteiger partial charge in [0.2, 0.25) is 0 Å². The zero-order valence-electron chi connectivity index (χ0n) is 9.42. The fraction of sp³-hybridized carbons (Fsp3) is 0.385. The predicted octanol–water partition coefficient (Wildman–Crippen LogP) is 3.12. The largest absolute Gasteiger partial charge is 0.485 e. The van der Waals surface area contributed by atoms with Crippen molar-refractivity contribution in [3.63, 3.8) is 0 Å². The summed E-state index contributed by atoms with van der Waals surface area (Å²) in [5, 5.41) is 0. The summed E-state index contributed by atoms with van der Waals surface area (Å²) >= 11 is 0. The second-order valence-corrected chi connectivity index (χ2v) is 3.98. The zero-order chi connectivity index (χ0) is 10.8. The van der Waals surface area contributed by atoms with Crippen molar-refractivity contribution in [1.29, 1.82) is 0 Å². The molecule has 0 spiro atoms. The topological polar surface area (TPSA) is 12.5 Å². The van der Waals surface area contributed by atoms with Gasteiger partial charge in [-0.15, -0.1) is 0 Å². The average Bonchev–Trinajstić information content (AvgIpc) is 2.23. The van der Waals surface area contributed by atoms with E-state index in [1.165, 1.54) is 5.56 Å². The van der Waals surface area contributed by atoms with Crippen LogP contribution in [0, 0.1) is 6.92 Å². The number of rotatable bonds is 2. The Morgan fingerprint density at radius 3 is 3.00 bits per heavy atom. The molecule has 0 amide bonds. The lowest BCUT2D eigenvalue weighted by Gasteiger charge is -2.33. The number of anilines is 1. The molecule has 1 aromatic rings. The molecule has 0 N–H and O–H groups in total. The molecule has 0 radical (unpaired) electrons. The highest BCUT2D eigenvalue weighted by Crippen LogP contribution is 2.35. The standard InChI is InChI=1S/C13H17NO/c1-4-7-14-11(3)9-15-13-6-5-10(2)8-12(13)14/h5-6,8H,3-4,7,9H2,1-2H3. The monoisotopic (exact) mass is 203 g/mol. The van der Waals surface area contributed by atoms with Crippen molar-refractivity contribution < 1.29 is 4.74 Å². The number of ether oxygens (including phenoxy) is 1. The molecule has 1 heterocycles. The number of fused-ring (bicyclic) bond motifs is 1. The number of hydrogen-bond acceptors (Lipinski definition) is 2. The smallest absolute Gasteiger partial charge is 0.143 e. The van der Waals surface area contributed by atoms with Crippen molar-refractivity contribution in [1.82, 2.24) is 0 Å². The van der Waals surface area contributed by atoms with E-state index in [4.69, 9.17) is 4.74 Å². The zero-order valence-corrected chi connectivity index (χ0v) is 9.42. The first kappa shape index (κ1) is 10.1. The molecule has 0 saturated carbocycles. The van der Waals surface area contributed by atoms with Gasteiger partial charge in [-0.25, -0.2) is 0 Å². The number of benzene rings is 1. The van der Waals surface area contributed by atoms with Crippen LogP contribution in [0.25, 0.3) is 0 Å². The van der Waals surface area contributed by atoms with E-state index in [1.807, 2.05) is 6.07 Å². The first-order valence-electron chi connectivity index (χ1n) is 5.41. The highest BCUT2D eigenvalue weighted by atomic mass is 16.5. The molecular weight excluding hydrogens is 186 g/mol. The van der Waals surface area contributed by atoms with Crippen molar-refractivity contribution in [3.05, 3.63) is 36.0 Å². The second kappa shape index (κ2) is 3.97. The van der Waals surface area contributed by atoms with Gasteiger partial charge in [0.1, 0.15) is 12.4 Å². The lowest BCUT2D eigenvalue weighted by molar-refractivity contribution is 0.335. The van der Waals surface area contributed by atoms with Crippen LogP contribution in [0.15, 0.2) is 30.5 Å². The number of hydrogen-bond donors (Lipinski definition) is 0. The maximum absolute atomic E-state index is 5.63. The molecule has 0 fully saturated rings. The van der Waals surface area contributed by atoms with E-state index < -0.39 is 0 Å². The molecule has 0 bridgehead atoms. The van der Waals surface area contributed by atoms with Crippen LogP contribution in [0.5, 0.6) is 5.75 Å². The Balaban J connectivity index is 2.41. The van der Waals surface area contributed by atoms with Crippen LogP contribution >= 0.6 is 0 Å². The van der Waals surface area contributed by atoms with Gasteiger partial charge in [0, 0.05) is 12.2 Å². The van der Waals surface area contributed by atoms with Crippen LogP contribution < -0.4 is 9.64 Å². The van der Waals surface area contributed by atoms with Crippen LogP contribution in [0.2, 0.25) is 0 Å². The van der Waals surface area contributed by atoms with Crippen molar-refractivity contribution in [2.75, 3.05) is 18.1 Å². The van der Waals surface area contributed by atoms with Crippen molar-refractivity contribution in [2.45, 2.75) is 20.3 Å². The molecule has 2 heteroatoms. The fourth-order valence-electron chi connectivity index (χ4n) is 1.87. The van der Waals surface area contributed by atoms with E-state index in [0.29, 0.717) is 6.61 Å². The third kappa shape index (κ3) is 1.84. The van der Waals surface area contributed by atoms with Gasteiger partial charge < -0.3 is 9.64 Å². The van der Waals surface area contributed by atoms with E-state index >= 15 is 0 Å². The lowest BCUT2D eigenvalue weighted by atomic mass is 10.1. The van der Waals surface area contributed by atoms with E-state index in [9.17, 15) is 0 Å². The maximum atomic E-state index is 5.63. The molecule has 2 nitrogen and oxygen atoms in total. The van der Waals surface area contributed by atoms with Gasteiger partial charge in [0.25, 0.3) is 0 Å². The van der Waals surface area contributed by atoms with Gasteiger partial charge >= 0.3 is 0 Å². The van der Waals surface area contributed by atoms with Crippen LogP contribution in [0.3, 0.4) is 0 Å². The summed E-state index contributed by atoms with van der Waals surface area (Å²) in [6.07, 6.45) is 1.12. The first-order chi connectivity index (χ1) is 7.22. The number of nitrogens with zero attached hydrogens (tertiary/aromatic N) is 1. The third-order valence-electron chi connectivity index (χ3n) is 2.63. The maximum Gasteiger partial charge on any atom is 0.143 e. The van der Waals surface area contributed by atoms with Gasteiger partial charge in [-0.05, 0) is 31.0 Å². The molecule has 15 heavy (non-hydrogen) atoms. The van der Waals surface area contributed by atoms with Gasteiger partial charge in [-0.3, -0.25) is 0 Å². The van der Waals surface area contributed by atoms with Gasteiger partial charge in [-0.1, -0.05) is 19.6 Å². The minimum absolute atomic E-state index is 0.607. The summed E-state index contributed by atoms with van der Waals surface area (Å²) in [5.74, 6) is 0.974. The highest BCUT2D eigenvalue weighted by molar-refractivity contribution is 5.65. The molecule has 0 aromatic heterocycles. The van der Waals surface area contributed by atoms with Crippen LogP contribution in [-0.4, -0.2) is 13.2 Å². The lowest BCUT2D eigenvalue weighted by Crippen LogP contribution is -2.30. The minimum atomic E-state index is 0.607. The molecule has 1 aliphatic rings. The second-order valence-electron chi connectivity index (χ2n) is 3.98. The van der Waals surface area contributed by atoms with Gasteiger partial charge in [0.05, 0.1) is 5.69 Å². The quantitative estimate of drug-likeness (QED) is 0.732. The molecule has 1 aliphatic heterocycles. The van der Waals surface area contributed by atoms with Crippen LogP contribution in [-0.2, 0) is 0 Å². The predicted molar refractivity (Wildman–Crippen MR) is 63.5 cm³/mol. The summed E-state index contributed by atoms with van der Waals surface area (Å²) in [4.78, 5) is 2.26. The summed E-state index contributed by atoms with van der Waals surface area (Å²) < 4.78 is 5.63. The summed E-state index contributed by atoms with van der Waals surface area (Å²) in [6, 6.07) is 6.28. The SMILES string of the molecule is C=C1COc2ccc(C)cc2N1CCC. The van der Waals surface area contributed by atoms with Gasteiger partial charge in [-0.2, -0.15) is 0 Å². The third-order valence-corrected chi connectivity index (χ3v) is 2.63. The molecule has 0 aliphatic carbocycles. The number of aryl methyl sites for hydroxylation is 1. The van der Waals surface area contributed by atoms with Crippen molar-refractivity contribution >= 4 is 5.69 Å². The Hall–Kier alpha value is -1.44. The normalized spacial score (nSPS) is 14.8. The van der Waals surface area contributed by atoms with E-state index in [2.05, 4.69) is 37.5 Å². The molecule has 0 saturated heterocycles. The van der Waals surface area contributed by atoms with E-state index in [1.54, 1.807) is 0 Å². The highest BCUT2D eigenvalue weighted by Gasteiger charge is 2.20. The van der Waals surface area contributed by atoms with Gasteiger partial charge in [0.15, 0.2) is 0 Å². The Kier molecular flexibility index (Phi) is 2.67. The van der Waals surface area contributed by atoms with E-state index in [0.717, 1.165) is 30.1 Å². The Bertz CT molecular complexity index is 384.